The van der Waals surface area contributed by atoms with Crippen LogP contribution in [-0.4, -0.2) is 23.6 Å². The van der Waals surface area contributed by atoms with Crippen molar-refractivity contribution >= 4 is 9.84 Å². The van der Waals surface area contributed by atoms with Gasteiger partial charge < -0.3 is 4.98 Å². The lowest BCUT2D eigenvalue weighted by Gasteiger charge is -2.13. The van der Waals surface area contributed by atoms with E-state index in [2.05, 4.69) is 9.97 Å². The van der Waals surface area contributed by atoms with Gasteiger partial charge in [-0.15, -0.1) is 0 Å². The Bertz CT molecular complexity index is 354. The molecule has 13 heavy (non-hydrogen) atoms. The van der Waals surface area contributed by atoms with E-state index in [1.54, 1.807) is 6.92 Å². The minimum Gasteiger partial charge on any atom is -0.336 e. The summed E-state index contributed by atoms with van der Waals surface area (Å²) in [4.78, 5) is 6.36. The number of nitrogens with one attached hydrogen (secondary N) is 1. The van der Waals surface area contributed by atoms with Crippen LogP contribution >= 0.6 is 0 Å². The third-order valence-corrected chi connectivity index (χ3v) is 4.46. The molecule has 0 saturated carbocycles. The summed E-state index contributed by atoms with van der Waals surface area (Å²) in [6.07, 6.45) is 2.96. The molecule has 0 aliphatic carbocycles. The Morgan fingerprint density at radius 3 is 2.38 bits per heavy atom. The fraction of sp³-hybridized carbons (Fsp3) is 0.625. The van der Waals surface area contributed by atoms with Gasteiger partial charge in [-0.1, -0.05) is 13.8 Å². The zero-order valence-corrected chi connectivity index (χ0v) is 8.80. The molecule has 5 heteroatoms. The number of hydrogen-bond acceptors (Lipinski definition) is 3. The maximum Gasteiger partial charge on any atom is 0.225 e. The lowest BCUT2D eigenvalue weighted by molar-refractivity contribution is 0.539. The van der Waals surface area contributed by atoms with E-state index in [0.717, 1.165) is 0 Å². The van der Waals surface area contributed by atoms with E-state index in [4.69, 9.17) is 0 Å². The lowest BCUT2D eigenvalue weighted by Crippen LogP contribution is -2.24. The quantitative estimate of drug-likeness (QED) is 0.801. The molecule has 0 aliphatic heterocycles. The van der Waals surface area contributed by atoms with Gasteiger partial charge in [0.2, 0.25) is 15.0 Å². The van der Waals surface area contributed by atoms with E-state index >= 15 is 0 Å². The molecule has 1 atom stereocenters. The molecule has 0 saturated heterocycles. The van der Waals surface area contributed by atoms with E-state index in [-0.39, 0.29) is 11.1 Å². The van der Waals surface area contributed by atoms with Gasteiger partial charge in [-0.05, 0) is 12.8 Å². The molecule has 0 fully saturated rings. The SMILES string of the molecule is CC(C)C(C)S(=O)(=O)c1ncc[nH]1. The number of hydrogen-bond donors (Lipinski definition) is 1. The number of nitrogens with zero attached hydrogens (tertiary/aromatic N) is 1. The minimum absolute atomic E-state index is 0.0636. The van der Waals surface area contributed by atoms with Crippen molar-refractivity contribution in [2.24, 2.45) is 5.92 Å². The molecule has 1 rings (SSSR count). The number of aromatic amines is 1. The van der Waals surface area contributed by atoms with Crippen LogP contribution in [0, 0.1) is 5.92 Å². The normalized spacial score (nSPS) is 14.8. The smallest absolute Gasteiger partial charge is 0.225 e. The van der Waals surface area contributed by atoms with E-state index in [0.29, 0.717) is 0 Å². The van der Waals surface area contributed by atoms with Crippen LogP contribution in [0.1, 0.15) is 20.8 Å². The second kappa shape index (κ2) is 3.49. The average Bonchev–Trinajstić information content (AvgIpc) is 2.54. The summed E-state index contributed by atoms with van der Waals surface area (Å²) in [5, 5.41) is -0.340. The number of rotatable bonds is 3. The number of imidazole rings is 1. The maximum atomic E-state index is 11.7. The van der Waals surface area contributed by atoms with Crippen molar-refractivity contribution in [2.45, 2.75) is 31.2 Å². The molecule has 0 bridgehead atoms. The van der Waals surface area contributed by atoms with Gasteiger partial charge >= 0.3 is 0 Å². The van der Waals surface area contributed by atoms with Gasteiger partial charge in [0, 0.05) is 12.4 Å². The fourth-order valence-electron chi connectivity index (χ4n) is 0.941. The van der Waals surface area contributed by atoms with Crippen molar-refractivity contribution in [3.05, 3.63) is 12.4 Å². The standard InChI is InChI=1S/C8H14N2O2S/c1-6(2)7(3)13(11,12)8-9-4-5-10-8/h4-7H,1-3H3,(H,9,10). The minimum atomic E-state index is -3.26. The van der Waals surface area contributed by atoms with Gasteiger partial charge in [-0.3, -0.25) is 0 Å². The van der Waals surface area contributed by atoms with Gasteiger partial charge in [0.05, 0.1) is 5.25 Å². The highest BCUT2D eigenvalue weighted by Crippen LogP contribution is 2.17. The Labute approximate surface area is 78.3 Å². The molecule has 74 valence electrons. The molecule has 1 aromatic rings. The van der Waals surface area contributed by atoms with E-state index in [1.165, 1.54) is 12.4 Å². The summed E-state index contributed by atoms with van der Waals surface area (Å²) in [7, 11) is -3.26. The fourth-order valence-corrected chi connectivity index (χ4v) is 2.45. The second-order valence-corrected chi connectivity index (χ2v) is 5.61. The van der Waals surface area contributed by atoms with Crippen molar-refractivity contribution in [1.82, 2.24) is 9.97 Å². The first-order valence-electron chi connectivity index (χ1n) is 4.19. The van der Waals surface area contributed by atoms with Gasteiger partial charge in [-0.2, -0.15) is 0 Å². The van der Waals surface area contributed by atoms with Gasteiger partial charge in [0.25, 0.3) is 0 Å². The Kier molecular flexibility index (Phi) is 2.75. The Morgan fingerprint density at radius 1 is 1.38 bits per heavy atom. The van der Waals surface area contributed by atoms with Crippen LogP contribution in [0.3, 0.4) is 0 Å². The van der Waals surface area contributed by atoms with Crippen molar-refractivity contribution in [3.8, 4) is 0 Å². The summed E-state index contributed by atoms with van der Waals surface area (Å²) in [5.41, 5.74) is 0. The average molecular weight is 202 g/mol. The van der Waals surface area contributed by atoms with Crippen molar-refractivity contribution in [2.75, 3.05) is 0 Å². The van der Waals surface area contributed by atoms with E-state index < -0.39 is 15.1 Å². The molecule has 4 nitrogen and oxygen atoms in total. The number of sulfone groups is 1. The Morgan fingerprint density at radius 2 is 2.00 bits per heavy atom. The predicted molar refractivity (Wildman–Crippen MR) is 50.1 cm³/mol. The first-order valence-corrected chi connectivity index (χ1v) is 5.74. The summed E-state index contributed by atoms with van der Waals surface area (Å²) < 4.78 is 23.5. The van der Waals surface area contributed by atoms with Crippen LogP contribution in [0.4, 0.5) is 0 Å². The maximum absolute atomic E-state index is 11.7. The number of H-pyrrole nitrogens is 1. The van der Waals surface area contributed by atoms with Crippen LogP contribution < -0.4 is 0 Å². The second-order valence-electron chi connectivity index (χ2n) is 3.39. The third-order valence-electron chi connectivity index (χ3n) is 2.17. The van der Waals surface area contributed by atoms with Crippen LogP contribution in [0.15, 0.2) is 17.6 Å². The molecular formula is C8H14N2O2S. The largest absolute Gasteiger partial charge is 0.336 e. The summed E-state index contributed by atoms with van der Waals surface area (Å²) in [6, 6.07) is 0. The molecule has 1 unspecified atom stereocenters. The first-order chi connectivity index (χ1) is 5.96. The molecule has 0 aliphatic rings. The molecule has 1 aromatic heterocycles. The molecule has 0 spiro atoms. The monoisotopic (exact) mass is 202 g/mol. The molecule has 1 N–H and O–H groups in total. The van der Waals surface area contributed by atoms with Crippen molar-refractivity contribution in [3.63, 3.8) is 0 Å². The molecule has 0 aromatic carbocycles. The predicted octanol–water partition coefficient (Wildman–Crippen LogP) is 1.23. The third kappa shape index (κ3) is 1.91. The van der Waals surface area contributed by atoms with Crippen LogP contribution in [0.2, 0.25) is 0 Å². The van der Waals surface area contributed by atoms with Gasteiger partial charge in [0.1, 0.15) is 0 Å². The van der Waals surface area contributed by atoms with Gasteiger partial charge in [0.15, 0.2) is 0 Å². The zero-order chi connectivity index (χ0) is 10.1. The lowest BCUT2D eigenvalue weighted by atomic mass is 10.2. The molecule has 0 radical (unpaired) electrons. The summed E-state index contributed by atoms with van der Waals surface area (Å²) >= 11 is 0. The van der Waals surface area contributed by atoms with Crippen molar-refractivity contribution < 1.29 is 8.42 Å². The Balaban J connectivity index is 3.04. The molecule has 0 amide bonds. The molecule has 1 heterocycles. The first kappa shape index (κ1) is 10.2. The van der Waals surface area contributed by atoms with E-state index in [9.17, 15) is 8.42 Å². The van der Waals surface area contributed by atoms with Crippen LogP contribution in [-0.2, 0) is 9.84 Å². The highest BCUT2D eigenvalue weighted by Gasteiger charge is 2.27. The highest BCUT2D eigenvalue weighted by atomic mass is 32.2. The van der Waals surface area contributed by atoms with Crippen LogP contribution in [0.25, 0.3) is 0 Å². The summed E-state index contributed by atoms with van der Waals surface area (Å²) in [5.74, 6) is 0.0927. The Hall–Kier alpha value is -0.840. The highest BCUT2D eigenvalue weighted by molar-refractivity contribution is 7.91. The van der Waals surface area contributed by atoms with Crippen molar-refractivity contribution in [1.29, 1.82) is 0 Å². The zero-order valence-electron chi connectivity index (χ0n) is 7.98. The van der Waals surface area contributed by atoms with Gasteiger partial charge in [-0.25, -0.2) is 13.4 Å². The summed E-state index contributed by atoms with van der Waals surface area (Å²) in [6.45, 7) is 5.46. The molecular weight excluding hydrogens is 188 g/mol. The van der Waals surface area contributed by atoms with E-state index in [1.807, 2.05) is 13.8 Å². The number of aromatic nitrogens is 2. The van der Waals surface area contributed by atoms with Crippen LogP contribution in [0.5, 0.6) is 0 Å². The topological polar surface area (TPSA) is 62.8 Å².